The molecule has 0 spiro atoms. The van der Waals surface area contributed by atoms with Crippen LogP contribution in [-0.4, -0.2) is 34.2 Å². The van der Waals surface area contributed by atoms with Crippen molar-refractivity contribution in [3.63, 3.8) is 0 Å². The van der Waals surface area contributed by atoms with Crippen LogP contribution in [0.1, 0.15) is 44.1 Å². The van der Waals surface area contributed by atoms with Crippen molar-refractivity contribution in [2.24, 2.45) is 5.92 Å². The average molecular weight is 252 g/mol. The third-order valence-corrected chi connectivity index (χ3v) is 3.49. The number of rotatable bonds is 5. The van der Waals surface area contributed by atoms with Gasteiger partial charge in [0.15, 0.2) is 5.76 Å². The Balaban J connectivity index is 1.84. The Morgan fingerprint density at radius 1 is 1.67 bits per heavy atom. The zero-order chi connectivity index (χ0) is 13.1. The highest BCUT2D eigenvalue weighted by Gasteiger charge is 2.35. The summed E-state index contributed by atoms with van der Waals surface area (Å²) in [4.78, 5) is 13.9. The van der Waals surface area contributed by atoms with Gasteiger partial charge in [0.25, 0.3) is 0 Å². The SMILES string of the molecule is CCCC(C)C(=O)N1CC(c2cc(CO)on2)C1. The maximum Gasteiger partial charge on any atom is 0.225 e. The van der Waals surface area contributed by atoms with Crippen LogP contribution in [0.25, 0.3) is 0 Å². The number of hydrogen-bond acceptors (Lipinski definition) is 4. The first kappa shape index (κ1) is 13.1. The van der Waals surface area contributed by atoms with E-state index in [1.54, 1.807) is 6.07 Å². The van der Waals surface area contributed by atoms with Gasteiger partial charge in [-0.3, -0.25) is 4.79 Å². The number of amides is 1. The molecule has 18 heavy (non-hydrogen) atoms. The zero-order valence-corrected chi connectivity index (χ0v) is 10.9. The molecule has 0 aliphatic carbocycles. The van der Waals surface area contributed by atoms with Gasteiger partial charge in [0.05, 0.1) is 5.69 Å². The van der Waals surface area contributed by atoms with Crippen LogP contribution >= 0.6 is 0 Å². The van der Waals surface area contributed by atoms with Crippen LogP contribution in [0.15, 0.2) is 10.6 Å². The summed E-state index contributed by atoms with van der Waals surface area (Å²) in [5, 5.41) is 12.8. The molecule has 1 unspecified atom stereocenters. The van der Waals surface area contributed by atoms with Gasteiger partial charge >= 0.3 is 0 Å². The fourth-order valence-corrected chi connectivity index (χ4v) is 2.31. The van der Waals surface area contributed by atoms with Crippen molar-refractivity contribution in [3.05, 3.63) is 17.5 Å². The van der Waals surface area contributed by atoms with E-state index in [0.29, 0.717) is 18.8 Å². The first-order chi connectivity index (χ1) is 8.65. The summed E-state index contributed by atoms with van der Waals surface area (Å²) >= 11 is 0. The standard InChI is InChI=1S/C13H20N2O3/c1-3-4-9(2)13(17)15-6-10(7-15)12-5-11(8-16)18-14-12/h5,9-10,16H,3-4,6-8H2,1-2H3. The van der Waals surface area contributed by atoms with Crippen molar-refractivity contribution in [2.75, 3.05) is 13.1 Å². The highest BCUT2D eigenvalue weighted by molar-refractivity contribution is 5.79. The molecular weight excluding hydrogens is 232 g/mol. The number of carbonyl (C=O) groups excluding carboxylic acids is 1. The third-order valence-electron chi connectivity index (χ3n) is 3.49. The number of carbonyl (C=O) groups is 1. The molecule has 5 nitrogen and oxygen atoms in total. The Labute approximate surface area is 107 Å². The van der Waals surface area contributed by atoms with Crippen LogP contribution in [0.3, 0.4) is 0 Å². The minimum Gasteiger partial charge on any atom is -0.388 e. The number of aliphatic hydroxyl groups is 1. The summed E-state index contributed by atoms with van der Waals surface area (Å²) in [7, 11) is 0. The van der Waals surface area contributed by atoms with Gasteiger partial charge < -0.3 is 14.5 Å². The van der Waals surface area contributed by atoms with E-state index in [2.05, 4.69) is 12.1 Å². The van der Waals surface area contributed by atoms with Gasteiger partial charge in [0.1, 0.15) is 6.61 Å². The van der Waals surface area contributed by atoms with Gasteiger partial charge in [-0.1, -0.05) is 25.4 Å². The fourth-order valence-electron chi connectivity index (χ4n) is 2.31. The summed E-state index contributed by atoms with van der Waals surface area (Å²) in [6.45, 7) is 5.37. The van der Waals surface area contributed by atoms with Crippen molar-refractivity contribution in [1.29, 1.82) is 0 Å². The average Bonchev–Trinajstić information content (AvgIpc) is 2.75. The van der Waals surface area contributed by atoms with E-state index in [0.717, 1.165) is 18.5 Å². The van der Waals surface area contributed by atoms with Gasteiger partial charge in [0, 0.05) is 31.0 Å². The van der Waals surface area contributed by atoms with Gasteiger partial charge in [-0.05, 0) is 6.42 Å². The largest absolute Gasteiger partial charge is 0.388 e. The summed E-state index contributed by atoms with van der Waals surface area (Å²) in [5.74, 6) is 1.08. The first-order valence-electron chi connectivity index (χ1n) is 6.50. The first-order valence-corrected chi connectivity index (χ1v) is 6.50. The predicted octanol–water partition coefficient (Wildman–Crippen LogP) is 1.53. The van der Waals surface area contributed by atoms with Crippen LogP contribution < -0.4 is 0 Å². The Hall–Kier alpha value is -1.36. The van der Waals surface area contributed by atoms with E-state index in [9.17, 15) is 4.79 Å². The van der Waals surface area contributed by atoms with E-state index >= 15 is 0 Å². The molecule has 0 saturated carbocycles. The molecule has 1 fully saturated rings. The van der Waals surface area contributed by atoms with Crippen LogP contribution in [0, 0.1) is 5.92 Å². The normalized spacial score (nSPS) is 17.6. The van der Waals surface area contributed by atoms with Crippen molar-refractivity contribution in [3.8, 4) is 0 Å². The molecule has 0 aromatic carbocycles. The maximum absolute atomic E-state index is 12.0. The smallest absolute Gasteiger partial charge is 0.225 e. The Kier molecular flexibility index (Phi) is 4.01. The Morgan fingerprint density at radius 2 is 2.39 bits per heavy atom. The van der Waals surface area contributed by atoms with Gasteiger partial charge in [-0.25, -0.2) is 0 Å². The molecule has 1 N–H and O–H groups in total. The highest BCUT2D eigenvalue weighted by atomic mass is 16.5. The summed E-state index contributed by atoms with van der Waals surface area (Å²) in [5.41, 5.74) is 0.839. The molecule has 2 heterocycles. The second kappa shape index (κ2) is 5.52. The topological polar surface area (TPSA) is 66.6 Å². The summed E-state index contributed by atoms with van der Waals surface area (Å²) in [6.07, 6.45) is 1.98. The molecule has 1 saturated heterocycles. The molecule has 0 bridgehead atoms. The van der Waals surface area contributed by atoms with Crippen LogP contribution in [0.2, 0.25) is 0 Å². The van der Waals surface area contributed by atoms with Crippen molar-refractivity contribution < 1.29 is 14.4 Å². The number of aliphatic hydroxyl groups excluding tert-OH is 1. The minimum atomic E-state index is -0.129. The zero-order valence-electron chi connectivity index (χ0n) is 10.9. The molecule has 100 valence electrons. The lowest BCUT2D eigenvalue weighted by atomic mass is 9.93. The lowest BCUT2D eigenvalue weighted by molar-refractivity contribution is -0.139. The summed E-state index contributed by atoms with van der Waals surface area (Å²) < 4.78 is 4.95. The van der Waals surface area contributed by atoms with Crippen LogP contribution in [-0.2, 0) is 11.4 Å². The molecule has 5 heteroatoms. The van der Waals surface area contributed by atoms with Crippen molar-refractivity contribution in [1.82, 2.24) is 10.1 Å². The lowest BCUT2D eigenvalue weighted by Crippen LogP contribution is -2.50. The van der Waals surface area contributed by atoms with Gasteiger partial charge in [-0.2, -0.15) is 0 Å². The van der Waals surface area contributed by atoms with E-state index in [-0.39, 0.29) is 24.3 Å². The van der Waals surface area contributed by atoms with E-state index in [1.807, 2.05) is 11.8 Å². The summed E-state index contributed by atoms with van der Waals surface area (Å²) in [6, 6.07) is 1.77. The fraction of sp³-hybridized carbons (Fsp3) is 0.692. The van der Waals surface area contributed by atoms with Crippen molar-refractivity contribution >= 4 is 5.91 Å². The number of hydrogen-bond donors (Lipinski definition) is 1. The highest BCUT2D eigenvalue weighted by Crippen LogP contribution is 2.28. The quantitative estimate of drug-likeness (QED) is 0.863. The molecule has 1 aromatic rings. The van der Waals surface area contributed by atoms with Crippen LogP contribution in [0.4, 0.5) is 0 Å². The number of likely N-dealkylation sites (tertiary alicyclic amines) is 1. The van der Waals surface area contributed by atoms with Crippen molar-refractivity contribution in [2.45, 2.75) is 39.2 Å². The monoisotopic (exact) mass is 252 g/mol. The maximum atomic E-state index is 12.0. The molecule has 1 aromatic heterocycles. The minimum absolute atomic E-state index is 0.112. The van der Waals surface area contributed by atoms with E-state index in [1.165, 1.54) is 0 Å². The number of aromatic nitrogens is 1. The second-order valence-corrected chi connectivity index (χ2v) is 5.01. The lowest BCUT2D eigenvalue weighted by Gasteiger charge is -2.39. The molecule has 2 rings (SSSR count). The van der Waals surface area contributed by atoms with Gasteiger partial charge in [-0.15, -0.1) is 0 Å². The molecule has 0 radical (unpaired) electrons. The molecule has 1 amide bonds. The molecule has 1 aliphatic heterocycles. The number of nitrogens with zero attached hydrogens (tertiary/aromatic N) is 2. The van der Waals surface area contributed by atoms with Gasteiger partial charge in [0.2, 0.25) is 5.91 Å². The predicted molar refractivity (Wildman–Crippen MR) is 65.8 cm³/mol. The third kappa shape index (κ3) is 2.56. The molecule has 1 aliphatic rings. The molecule has 1 atom stereocenters. The second-order valence-electron chi connectivity index (χ2n) is 5.01. The Morgan fingerprint density at radius 3 is 2.94 bits per heavy atom. The van der Waals surface area contributed by atoms with E-state index < -0.39 is 0 Å². The Bertz CT molecular complexity index is 410. The van der Waals surface area contributed by atoms with Crippen LogP contribution in [0.5, 0.6) is 0 Å². The molecular formula is C13H20N2O3. The van der Waals surface area contributed by atoms with E-state index in [4.69, 9.17) is 9.63 Å².